The zero-order chi connectivity index (χ0) is 22.6. The first-order chi connectivity index (χ1) is 12.9. The van der Waals surface area contributed by atoms with Gasteiger partial charge in [-0.15, -0.1) is 0 Å². The van der Waals surface area contributed by atoms with Gasteiger partial charge in [0.15, 0.2) is 0 Å². The highest BCUT2D eigenvalue weighted by molar-refractivity contribution is 5.80. The van der Waals surface area contributed by atoms with Crippen LogP contribution in [0.1, 0.15) is 22.3 Å². The van der Waals surface area contributed by atoms with E-state index in [2.05, 4.69) is 0 Å². The molecule has 0 radical (unpaired) electrons. The Kier molecular flexibility index (Phi) is 5.27. The lowest BCUT2D eigenvalue weighted by Crippen LogP contribution is -2.28. The molecule has 160 valence electrons. The van der Waals surface area contributed by atoms with Gasteiger partial charge in [0.05, 0.1) is 16.7 Å². The maximum atomic E-state index is 13.4. The molecule has 1 N–H and O–H groups in total. The average molecular weight is 442 g/mol. The van der Waals surface area contributed by atoms with Gasteiger partial charge in [-0.25, -0.2) is 0 Å². The minimum Gasteiger partial charge on any atom is -0.507 e. The summed E-state index contributed by atoms with van der Waals surface area (Å²) in [4.78, 5) is 0. The Balaban J connectivity index is 3.33. The quantitative estimate of drug-likeness (QED) is 0.466. The highest BCUT2D eigenvalue weighted by Gasteiger charge is 2.57. The van der Waals surface area contributed by atoms with Crippen molar-refractivity contribution in [2.45, 2.75) is 24.7 Å². The lowest BCUT2D eigenvalue weighted by atomic mass is 9.85. The van der Waals surface area contributed by atoms with Crippen LogP contribution in [0.2, 0.25) is 0 Å². The van der Waals surface area contributed by atoms with Crippen LogP contribution in [0.4, 0.5) is 52.7 Å². The molecular formula is C16H6F12O. The van der Waals surface area contributed by atoms with E-state index in [1.54, 1.807) is 0 Å². The van der Waals surface area contributed by atoms with E-state index in [0.717, 1.165) is 18.2 Å². The van der Waals surface area contributed by atoms with Crippen LogP contribution in [-0.4, -0.2) is 5.11 Å². The minimum absolute atomic E-state index is 0.609. The molecule has 0 fully saturated rings. The molecule has 0 heterocycles. The molecule has 2 aromatic rings. The van der Waals surface area contributed by atoms with E-state index in [1.807, 2.05) is 0 Å². The Labute approximate surface area is 153 Å². The number of hydrogen-bond donors (Lipinski definition) is 1. The summed E-state index contributed by atoms with van der Waals surface area (Å²) in [6.07, 6.45) is -25.5. The van der Waals surface area contributed by atoms with Gasteiger partial charge in [0.25, 0.3) is 0 Å². The molecule has 2 rings (SSSR count). The van der Waals surface area contributed by atoms with Gasteiger partial charge in [0.1, 0.15) is 11.3 Å². The standard InChI is InChI=1S/C16H6F12O/c17-13(18,19)8-7(6-4-2-1-3-5-6)12(29)11(16(26,27)28)10(15(23,24)25)9(8)14(20,21)22/h1-5,29H. The number of alkyl halides is 12. The third-order valence-electron chi connectivity index (χ3n) is 3.67. The molecule has 0 saturated heterocycles. The van der Waals surface area contributed by atoms with Crippen LogP contribution >= 0.6 is 0 Å². The smallest absolute Gasteiger partial charge is 0.420 e. The Bertz CT molecular complexity index is 901. The number of phenols is 1. The average Bonchev–Trinajstić information content (AvgIpc) is 2.50. The first kappa shape index (κ1) is 22.7. The van der Waals surface area contributed by atoms with Crippen molar-refractivity contribution in [1.82, 2.24) is 0 Å². The largest absolute Gasteiger partial charge is 0.507 e. The highest BCUT2D eigenvalue weighted by atomic mass is 19.4. The summed E-state index contributed by atoms with van der Waals surface area (Å²) in [5.41, 5.74) is -16.6. The summed E-state index contributed by atoms with van der Waals surface area (Å²) >= 11 is 0. The fraction of sp³-hybridized carbons (Fsp3) is 0.250. The fourth-order valence-electron chi connectivity index (χ4n) is 2.75. The molecule has 0 spiro atoms. The van der Waals surface area contributed by atoms with Crippen LogP contribution < -0.4 is 0 Å². The Morgan fingerprint density at radius 2 is 0.828 bits per heavy atom. The highest BCUT2D eigenvalue weighted by Crippen LogP contribution is 2.57. The first-order valence-electron chi connectivity index (χ1n) is 7.15. The molecular weight excluding hydrogens is 436 g/mol. The minimum atomic E-state index is -6.53. The Morgan fingerprint density at radius 1 is 0.483 bits per heavy atom. The topological polar surface area (TPSA) is 20.2 Å². The number of aromatic hydroxyl groups is 1. The molecule has 0 bridgehead atoms. The summed E-state index contributed by atoms with van der Waals surface area (Å²) in [6, 6.07) is 4.17. The van der Waals surface area contributed by atoms with Crippen LogP contribution in [-0.2, 0) is 24.7 Å². The van der Waals surface area contributed by atoms with Crippen molar-refractivity contribution in [3.05, 3.63) is 52.6 Å². The molecule has 0 aromatic heterocycles. The molecule has 29 heavy (non-hydrogen) atoms. The van der Waals surface area contributed by atoms with E-state index in [4.69, 9.17) is 0 Å². The molecule has 0 aliphatic rings. The van der Waals surface area contributed by atoms with Gasteiger partial charge in [-0.2, -0.15) is 52.7 Å². The van der Waals surface area contributed by atoms with Crippen molar-refractivity contribution in [3.63, 3.8) is 0 Å². The fourth-order valence-corrected chi connectivity index (χ4v) is 2.75. The molecule has 0 saturated carbocycles. The number of halogens is 12. The predicted molar refractivity (Wildman–Crippen MR) is 73.6 cm³/mol. The predicted octanol–water partition coefficient (Wildman–Crippen LogP) is 7.13. The second-order valence-corrected chi connectivity index (χ2v) is 5.58. The molecule has 2 aromatic carbocycles. The van der Waals surface area contributed by atoms with Gasteiger partial charge < -0.3 is 5.11 Å². The van der Waals surface area contributed by atoms with Crippen molar-refractivity contribution in [2.75, 3.05) is 0 Å². The summed E-state index contributed by atoms with van der Waals surface area (Å²) in [6.45, 7) is 0. The molecule has 0 aliphatic carbocycles. The Hall–Kier alpha value is -2.60. The second-order valence-electron chi connectivity index (χ2n) is 5.58. The van der Waals surface area contributed by atoms with Gasteiger partial charge in [0.2, 0.25) is 0 Å². The summed E-state index contributed by atoms with van der Waals surface area (Å²) in [5.74, 6) is -2.61. The summed E-state index contributed by atoms with van der Waals surface area (Å²) in [7, 11) is 0. The van der Waals surface area contributed by atoms with Crippen molar-refractivity contribution in [2.24, 2.45) is 0 Å². The van der Waals surface area contributed by atoms with Crippen LogP contribution in [0.15, 0.2) is 30.3 Å². The van der Waals surface area contributed by atoms with Crippen molar-refractivity contribution in [3.8, 4) is 16.9 Å². The number of phenolic OH excluding ortho intramolecular Hbond substituents is 1. The third kappa shape index (κ3) is 4.22. The van der Waals surface area contributed by atoms with Crippen molar-refractivity contribution >= 4 is 0 Å². The van der Waals surface area contributed by atoms with E-state index in [9.17, 15) is 57.8 Å². The zero-order valence-corrected chi connectivity index (χ0v) is 13.4. The zero-order valence-electron chi connectivity index (χ0n) is 13.4. The van der Waals surface area contributed by atoms with E-state index < -0.39 is 63.8 Å². The molecule has 0 aliphatic heterocycles. The van der Waals surface area contributed by atoms with Crippen molar-refractivity contribution < 1.29 is 57.8 Å². The van der Waals surface area contributed by atoms with E-state index >= 15 is 0 Å². The summed E-state index contributed by atoms with van der Waals surface area (Å²) in [5, 5.41) is 9.77. The second kappa shape index (κ2) is 6.73. The molecule has 0 amide bonds. The van der Waals surface area contributed by atoms with E-state index in [1.165, 1.54) is 0 Å². The maximum Gasteiger partial charge on any atom is 0.420 e. The number of rotatable bonds is 1. The lowest BCUT2D eigenvalue weighted by molar-refractivity contribution is -0.182. The molecule has 13 heteroatoms. The SMILES string of the molecule is Oc1c(-c2ccccc2)c(C(F)(F)F)c(C(F)(F)F)c(C(F)(F)F)c1C(F)(F)F. The van der Waals surface area contributed by atoms with Crippen LogP contribution in [0.3, 0.4) is 0 Å². The molecule has 1 nitrogen and oxygen atoms in total. The van der Waals surface area contributed by atoms with E-state index in [0.29, 0.717) is 12.1 Å². The monoisotopic (exact) mass is 442 g/mol. The number of hydrogen-bond acceptors (Lipinski definition) is 1. The van der Waals surface area contributed by atoms with Gasteiger partial charge >= 0.3 is 24.7 Å². The number of benzene rings is 2. The van der Waals surface area contributed by atoms with E-state index in [-0.39, 0.29) is 0 Å². The van der Waals surface area contributed by atoms with Gasteiger partial charge in [-0.05, 0) is 5.56 Å². The third-order valence-corrected chi connectivity index (χ3v) is 3.67. The van der Waals surface area contributed by atoms with Gasteiger partial charge in [0, 0.05) is 5.56 Å². The van der Waals surface area contributed by atoms with Gasteiger partial charge in [-0.1, -0.05) is 30.3 Å². The normalized spacial score (nSPS) is 13.7. The molecule has 0 unspecified atom stereocenters. The van der Waals surface area contributed by atoms with Crippen LogP contribution in [0.5, 0.6) is 5.75 Å². The maximum absolute atomic E-state index is 13.4. The lowest BCUT2D eigenvalue weighted by Gasteiger charge is -2.28. The summed E-state index contributed by atoms with van der Waals surface area (Å²) < 4.78 is 159. The molecule has 0 atom stereocenters. The van der Waals surface area contributed by atoms with Crippen LogP contribution in [0, 0.1) is 0 Å². The van der Waals surface area contributed by atoms with Crippen LogP contribution in [0.25, 0.3) is 11.1 Å². The van der Waals surface area contributed by atoms with Crippen molar-refractivity contribution in [1.29, 1.82) is 0 Å². The Morgan fingerprint density at radius 3 is 1.17 bits per heavy atom. The first-order valence-corrected chi connectivity index (χ1v) is 7.15. The van der Waals surface area contributed by atoms with Gasteiger partial charge in [-0.3, -0.25) is 0 Å².